The SMILES string of the molecule is CCCCN1C(=O)CCc2cc(NC(=O)c3ccc(OC)cc3OC)ccc21. The van der Waals surface area contributed by atoms with Gasteiger partial charge in [0.1, 0.15) is 11.5 Å². The molecule has 0 saturated carbocycles. The number of benzene rings is 2. The van der Waals surface area contributed by atoms with Crippen LogP contribution in [0.25, 0.3) is 0 Å². The fourth-order valence-electron chi connectivity index (χ4n) is 3.38. The Morgan fingerprint density at radius 3 is 2.64 bits per heavy atom. The maximum Gasteiger partial charge on any atom is 0.259 e. The van der Waals surface area contributed by atoms with E-state index in [0.717, 1.165) is 30.6 Å². The summed E-state index contributed by atoms with van der Waals surface area (Å²) in [5, 5.41) is 2.93. The van der Waals surface area contributed by atoms with Crippen LogP contribution in [-0.4, -0.2) is 32.6 Å². The Bertz CT molecular complexity index is 879. The number of rotatable bonds is 7. The molecule has 0 unspecified atom stereocenters. The highest BCUT2D eigenvalue weighted by Gasteiger charge is 2.24. The number of ether oxygens (including phenoxy) is 2. The van der Waals surface area contributed by atoms with E-state index in [1.54, 1.807) is 25.3 Å². The Morgan fingerprint density at radius 1 is 1.11 bits per heavy atom. The summed E-state index contributed by atoms with van der Waals surface area (Å²) >= 11 is 0. The quantitative estimate of drug-likeness (QED) is 0.785. The van der Waals surface area contributed by atoms with E-state index in [9.17, 15) is 9.59 Å². The Kier molecular flexibility index (Phi) is 6.19. The molecule has 1 N–H and O–H groups in total. The Hall–Kier alpha value is -3.02. The van der Waals surface area contributed by atoms with Gasteiger partial charge in [0.05, 0.1) is 19.8 Å². The van der Waals surface area contributed by atoms with Crippen LogP contribution in [0.5, 0.6) is 11.5 Å². The largest absolute Gasteiger partial charge is 0.497 e. The lowest BCUT2D eigenvalue weighted by Crippen LogP contribution is -2.35. The number of carbonyl (C=O) groups excluding carboxylic acids is 2. The van der Waals surface area contributed by atoms with Crippen LogP contribution in [0.3, 0.4) is 0 Å². The normalized spacial score (nSPS) is 13.1. The highest BCUT2D eigenvalue weighted by Crippen LogP contribution is 2.31. The third-order valence-corrected chi connectivity index (χ3v) is 4.93. The molecule has 0 atom stereocenters. The Balaban J connectivity index is 1.81. The van der Waals surface area contributed by atoms with Crippen molar-refractivity contribution in [3.63, 3.8) is 0 Å². The zero-order chi connectivity index (χ0) is 20.1. The number of unbranched alkanes of at least 4 members (excludes halogenated alkanes) is 1. The summed E-state index contributed by atoms with van der Waals surface area (Å²) < 4.78 is 10.5. The molecule has 0 aliphatic carbocycles. The summed E-state index contributed by atoms with van der Waals surface area (Å²) in [5.41, 5.74) is 3.16. The third-order valence-electron chi connectivity index (χ3n) is 4.93. The van der Waals surface area contributed by atoms with E-state index < -0.39 is 0 Å². The molecule has 28 heavy (non-hydrogen) atoms. The molecule has 148 valence electrons. The van der Waals surface area contributed by atoms with Crippen molar-refractivity contribution in [2.75, 3.05) is 31.0 Å². The number of hydrogen-bond donors (Lipinski definition) is 1. The Labute approximate surface area is 165 Å². The second kappa shape index (κ2) is 8.78. The number of methoxy groups -OCH3 is 2. The van der Waals surface area contributed by atoms with Gasteiger partial charge in [0, 0.05) is 30.4 Å². The van der Waals surface area contributed by atoms with Crippen LogP contribution in [0.1, 0.15) is 42.1 Å². The van der Waals surface area contributed by atoms with E-state index in [1.165, 1.54) is 7.11 Å². The maximum absolute atomic E-state index is 12.7. The van der Waals surface area contributed by atoms with Gasteiger partial charge in [-0.1, -0.05) is 13.3 Å². The van der Waals surface area contributed by atoms with Crippen LogP contribution in [0.15, 0.2) is 36.4 Å². The van der Waals surface area contributed by atoms with Gasteiger partial charge < -0.3 is 19.7 Å². The number of hydrogen-bond acceptors (Lipinski definition) is 4. The maximum atomic E-state index is 12.7. The second-order valence-electron chi connectivity index (χ2n) is 6.76. The molecule has 6 heteroatoms. The smallest absolute Gasteiger partial charge is 0.259 e. The Morgan fingerprint density at radius 2 is 1.93 bits per heavy atom. The van der Waals surface area contributed by atoms with Crippen LogP contribution >= 0.6 is 0 Å². The molecule has 1 aliphatic heterocycles. The van der Waals surface area contributed by atoms with Crippen molar-refractivity contribution >= 4 is 23.2 Å². The molecule has 0 aromatic heterocycles. The van der Waals surface area contributed by atoms with Crippen LogP contribution in [-0.2, 0) is 11.2 Å². The standard InChI is InChI=1S/C22H26N2O4/c1-4-5-12-24-19-10-7-16(13-15(19)6-11-21(24)25)23-22(26)18-9-8-17(27-2)14-20(18)28-3/h7-10,13-14H,4-6,11-12H2,1-3H3,(H,23,26). The summed E-state index contributed by atoms with van der Waals surface area (Å²) in [6, 6.07) is 10.8. The van der Waals surface area contributed by atoms with Crippen LogP contribution in [0.4, 0.5) is 11.4 Å². The molecule has 1 aliphatic rings. The fourth-order valence-corrected chi connectivity index (χ4v) is 3.38. The fraction of sp³-hybridized carbons (Fsp3) is 0.364. The summed E-state index contributed by atoms with van der Waals surface area (Å²) in [4.78, 5) is 26.8. The molecule has 0 bridgehead atoms. The lowest BCUT2D eigenvalue weighted by atomic mass is 10.00. The molecular formula is C22H26N2O4. The van der Waals surface area contributed by atoms with E-state index >= 15 is 0 Å². The van der Waals surface area contributed by atoms with E-state index in [2.05, 4.69) is 12.2 Å². The van der Waals surface area contributed by atoms with Gasteiger partial charge >= 0.3 is 0 Å². The average molecular weight is 382 g/mol. The second-order valence-corrected chi connectivity index (χ2v) is 6.76. The van der Waals surface area contributed by atoms with Gasteiger partial charge in [-0.15, -0.1) is 0 Å². The number of fused-ring (bicyclic) bond motifs is 1. The molecule has 0 fully saturated rings. The van der Waals surface area contributed by atoms with Gasteiger partial charge in [0.15, 0.2) is 0 Å². The van der Waals surface area contributed by atoms with Gasteiger partial charge in [-0.3, -0.25) is 9.59 Å². The van der Waals surface area contributed by atoms with Crippen molar-refractivity contribution in [2.24, 2.45) is 0 Å². The molecule has 0 spiro atoms. The number of aryl methyl sites for hydroxylation is 1. The topological polar surface area (TPSA) is 67.9 Å². The molecule has 3 rings (SSSR count). The summed E-state index contributed by atoms with van der Waals surface area (Å²) in [6.07, 6.45) is 3.20. The first-order chi connectivity index (χ1) is 13.6. The van der Waals surface area contributed by atoms with E-state index in [-0.39, 0.29) is 11.8 Å². The summed E-state index contributed by atoms with van der Waals surface area (Å²) in [6.45, 7) is 2.85. The molecular weight excluding hydrogens is 356 g/mol. The predicted octanol–water partition coefficient (Wildman–Crippen LogP) is 4.04. The summed E-state index contributed by atoms with van der Waals surface area (Å²) in [5.74, 6) is 0.986. The van der Waals surface area contributed by atoms with Crippen molar-refractivity contribution in [1.82, 2.24) is 0 Å². The average Bonchev–Trinajstić information content (AvgIpc) is 2.72. The van der Waals surface area contributed by atoms with E-state index in [4.69, 9.17) is 9.47 Å². The molecule has 2 amide bonds. The highest BCUT2D eigenvalue weighted by molar-refractivity contribution is 6.06. The monoisotopic (exact) mass is 382 g/mol. The molecule has 6 nitrogen and oxygen atoms in total. The van der Waals surface area contributed by atoms with E-state index in [0.29, 0.717) is 35.6 Å². The minimum Gasteiger partial charge on any atom is -0.497 e. The molecule has 2 aromatic carbocycles. The first-order valence-electron chi connectivity index (χ1n) is 9.54. The van der Waals surface area contributed by atoms with Gasteiger partial charge in [0.2, 0.25) is 5.91 Å². The van der Waals surface area contributed by atoms with Crippen molar-refractivity contribution in [3.05, 3.63) is 47.5 Å². The zero-order valence-electron chi connectivity index (χ0n) is 16.6. The minimum atomic E-state index is -0.255. The minimum absolute atomic E-state index is 0.167. The number of nitrogens with one attached hydrogen (secondary N) is 1. The third kappa shape index (κ3) is 4.11. The van der Waals surface area contributed by atoms with Gasteiger partial charge in [-0.25, -0.2) is 0 Å². The van der Waals surface area contributed by atoms with Crippen LogP contribution in [0, 0.1) is 0 Å². The van der Waals surface area contributed by atoms with Crippen molar-refractivity contribution < 1.29 is 19.1 Å². The van der Waals surface area contributed by atoms with E-state index in [1.807, 2.05) is 23.1 Å². The highest BCUT2D eigenvalue weighted by atomic mass is 16.5. The van der Waals surface area contributed by atoms with Gasteiger partial charge in [0.25, 0.3) is 5.91 Å². The number of anilines is 2. The first-order valence-corrected chi connectivity index (χ1v) is 9.54. The first kappa shape index (κ1) is 19.7. The predicted molar refractivity (Wildman–Crippen MR) is 110 cm³/mol. The van der Waals surface area contributed by atoms with Gasteiger partial charge in [-0.05, 0) is 48.7 Å². The molecule has 2 aromatic rings. The number of carbonyl (C=O) groups is 2. The number of amides is 2. The number of nitrogens with zero attached hydrogens (tertiary/aromatic N) is 1. The lowest BCUT2D eigenvalue weighted by Gasteiger charge is -2.29. The van der Waals surface area contributed by atoms with Crippen molar-refractivity contribution in [3.8, 4) is 11.5 Å². The lowest BCUT2D eigenvalue weighted by molar-refractivity contribution is -0.118. The molecule has 0 radical (unpaired) electrons. The van der Waals surface area contributed by atoms with Gasteiger partial charge in [-0.2, -0.15) is 0 Å². The van der Waals surface area contributed by atoms with Crippen molar-refractivity contribution in [1.29, 1.82) is 0 Å². The van der Waals surface area contributed by atoms with Crippen LogP contribution in [0.2, 0.25) is 0 Å². The molecule has 0 saturated heterocycles. The molecule has 1 heterocycles. The van der Waals surface area contributed by atoms with Crippen molar-refractivity contribution in [2.45, 2.75) is 32.6 Å². The summed E-state index contributed by atoms with van der Waals surface area (Å²) in [7, 11) is 3.09. The van der Waals surface area contributed by atoms with Crippen LogP contribution < -0.4 is 19.7 Å². The zero-order valence-corrected chi connectivity index (χ0v) is 16.6.